The molecule has 182 valence electrons. The molecule has 0 saturated carbocycles. The first-order valence-corrected chi connectivity index (χ1v) is 12.4. The Kier molecular flexibility index (Phi) is 7.61. The number of likely N-dealkylation sites (tertiary alicyclic amines) is 1. The number of ether oxygens (including phenoxy) is 1. The molecule has 2 aliphatic heterocycles. The molecule has 3 heterocycles. The third kappa shape index (κ3) is 5.46. The molecular formula is C26H32ClN3O4. The van der Waals surface area contributed by atoms with Gasteiger partial charge in [-0.25, -0.2) is 0 Å². The zero-order valence-electron chi connectivity index (χ0n) is 19.9. The van der Waals surface area contributed by atoms with Gasteiger partial charge in [-0.2, -0.15) is 0 Å². The lowest BCUT2D eigenvalue weighted by Gasteiger charge is -2.23. The Morgan fingerprint density at radius 3 is 2.26 bits per heavy atom. The largest absolute Gasteiger partial charge is 0.491 e. The highest BCUT2D eigenvalue weighted by Crippen LogP contribution is 2.27. The Morgan fingerprint density at radius 2 is 1.62 bits per heavy atom. The van der Waals surface area contributed by atoms with E-state index >= 15 is 0 Å². The van der Waals surface area contributed by atoms with Gasteiger partial charge in [-0.1, -0.05) is 38.3 Å². The number of aromatic nitrogens is 1. The van der Waals surface area contributed by atoms with Gasteiger partial charge in [0.2, 0.25) is 5.43 Å². The number of hydrogen-bond donors (Lipinski definition) is 0. The van der Waals surface area contributed by atoms with Gasteiger partial charge in [0.15, 0.2) is 0 Å². The highest BCUT2D eigenvalue weighted by atomic mass is 35.5. The summed E-state index contributed by atoms with van der Waals surface area (Å²) < 4.78 is 7.59. The molecule has 8 heteroatoms. The van der Waals surface area contributed by atoms with Gasteiger partial charge in [-0.15, -0.1) is 0 Å². The Labute approximate surface area is 205 Å². The molecule has 7 nitrogen and oxygen atoms in total. The van der Waals surface area contributed by atoms with Gasteiger partial charge >= 0.3 is 0 Å². The normalized spacial score (nSPS) is 16.5. The molecule has 0 radical (unpaired) electrons. The minimum absolute atomic E-state index is 0.0202. The van der Waals surface area contributed by atoms with E-state index in [2.05, 4.69) is 13.8 Å². The van der Waals surface area contributed by atoms with Crippen molar-refractivity contribution in [1.29, 1.82) is 0 Å². The minimum atomic E-state index is -0.504. The van der Waals surface area contributed by atoms with Crippen molar-refractivity contribution in [2.24, 2.45) is 5.92 Å². The molecule has 2 aliphatic rings. The number of carbonyl (C=O) groups is 2. The second-order valence-corrected chi connectivity index (χ2v) is 9.98. The average molecular weight is 486 g/mol. The van der Waals surface area contributed by atoms with E-state index in [0.29, 0.717) is 43.6 Å². The van der Waals surface area contributed by atoms with E-state index in [-0.39, 0.29) is 29.5 Å². The molecule has 0 N–H and O–H groups in total. The Bertz CT molecular complexity index is 1120. The lowest BCUT2D eigenvalue weighted by atomic mass is 10.1. The summed E-state index contributed by atoms with van der Waals surface area (Å²) in [5, 5.41) is 0.556. The summed E-state index contributed by atoms with van der Waals surface area (Å²) in [6.07, 6.45) is 7.24. The van der Waals surface area contributed by atoms with Gasteiger partial charge in [0, 0.05) is 49.2 Å². The summed E-state index contributed by atoms with van der Waals surface area (Å²) in [5.74, 6) is 0.286. The monoisotopic (exact) mass is 485 g/mol. The van der Waals surface area contributed by atoms with E-state index in [1.54, 1.807) is 40.4 Å². The molecule has 1 saturated heterocycles. The molecule has 0 aliphatic carbocycles. The van der Waals surface area contributed by atoms with Gasteiger partial charge in [-0.05, 0) is 37.0 Å². The molecule has 0 atom stereocenters. The lowest BCUT2D eigenvalue weighted by Crippen LogP contribution is -2.40. The molecule has 1 aromatic carbocycles. The van der Waals surface area contributed by atoms with Crippen molar-refractivity contribution in [2.45, 2.75) is 52.6 Å². The highest BCUT2D eigenvalue weighted by molar-refractivity contribution is 6.30. The van der Waals surface area contributed by atoms with Crippen molar-refractivity contribution in [2.75, 3.05) is 26.2 Å². The van der Waals surface area contributed by atoms with Crippen LogP contribution in [0.5, 0.6) is 5.75 Å². The summed E-state index contributed by atoms with van der Waals surface area (Å²) in [6.45, 7) is 6.92. The third-order valence-corrected chi connectivity index (χ3v) is 6.53. The summed E-state index contributed by atoms with van der Waals surface area (Å²) in [7, 11) is 0. The van der Waals surface area contributed by atoms with E-state index < -0.39 is 11.3 Å². The standard InChI is InChI=1S/C26H32ClN3O4/c1-18(2)14-28-16-21(25(32)29-9-5-3-4-6-10-29)24(31)22(17-28)26(33)30-11-12-34-23-8-7-20(27)13-19(23)15-30/h7-8,13,16-18H,3-6,9-12,14-15H2,1-2H3. The van der Waals surface area contributed by atoms with E-state index in [9.17, 15) is 14.4 Å². The van der Waals surface area contributed by atoms with Crippen LogP contribution in [0.4, 0.5) is 0 Å². The second-order valence-electron chi connectivity index (χ2n) is 9.54. The molecule has 2 aromatic rings. The van der Waals surface area contributed by atoms with Crippen LogP contribution in [0.3, 0.4) is 0 Å². The van der Waals surface area contributed by atoms with E-state index in [4.69, 9.17) is 16.3 Å². The molecule has 0 bridgehead atoms. The Balaban J connectivity index is 1.70. The maximum atomic E-state index is 13.6. The van der Waals surface area contributed by atoms with Crippen LogP contribution in [0.2, 0.25) is 5.02 Å². The lowest BCUT2D eigenvalue weighted by molar-refractivity contribution is 0.0730. The van der Waals surface area contributed by atoms with Crippen LogP contribution in [-0.2, 0) is 13.1 Å². The average Bonchev–Trinajstić information content (AvgIpc) is 3.19. The molecule has 1 aromatic heterocycles. The fourth-order valence-corrected chi connectivity index (χ4v) is 4.81. The predicted molar refractivity (Wildman–Crippen MR) is 132 cm³/mol. The van der Waals surface area contributed by atoms with Crippen molar-refractivity contribution in [3.8, 4) is 5.75 Å². The van der Waals surface area contributed by atoms with Gasteiger partial charge < -0.3 is 19.1 Å². The zero-order valence-corrected chi connectivity index (χ0v) is 20.6. The molecule has 34 heavy (non-hydrogen) atoms. The quantitative estimate of drug-likeness (QED) is 0.650. The minimum Gasteiger partial charge on any atom is -0.491 e. The van der Waals surface area contributed by atoms with Crippen LogP contribution < -0.4 is 10.2 Å². The van der Waals surface area contributed by atoms with Crippen molar-refractivity contribution in [3.05, 3.63) is 62.5 Å². The van der Waals surface area contributed by atoms with E-state index in [1.165, 1.54) is 0 Å². The third-order valence-electron chi connectivity index (χ3n) is 6.30. The molecule has 4 rings (SSSR count). The topological polar surface area (TPSA) is 71.9 Å². The molecule has 2 amide bonds. The number of benzene rings is 1. The fourth-order valence-electron chi connectivity index (χ4n) is 4.61. The van der Waals surface area contributed by atoms with Gasteiger partial charge in [0.25, 0.3) is 11.8 Å². The SMILES string of the molecule is CC(C)Cn1cc(C(=O)N2CCCCCC2)c(=O)c(C(=O)N2CCOc3ccc(Cl)cc3C2)c1. The number of carbonyl (C=O) groups excluding carboxylic acids is 2. The van der Waals surface area contributed by atoms with E-state index in [0.717, 1.165) is 31.2 Å². The number of hydrogen-bond acceptors (Lipinski definition) is 4. The summed E-state index contributed by atoms with van der Waals surface area (Å²) in [6, 6.07) is 5.32. The van der Waals surface area contributed by atoms with Crippen LogP contribution in [0.1, 0.15) is 65.8 Å². The molecular weight excluding hydrogens is 454 g/mol. The van der Waals surface area contributed by atoms with Crippen molar-refractivity contribution in [3.63, 3.8) is 0 Å². The summed E-state index contributed by atoms with van der Waals surface area (Å²) in [5.41, 5.74) is 0.378. The smallest absolute Gasteiger partial charge is 0.259 e. The Hall–Kier alpha value is -2.80. The second kappa shape index (κ2) is 10.6. The molecule has 0 spiro atoms. The number of rotatable bonds is 4. The number of amides is 2. The first-order chi connectivity index (χ1) is 16.3. The van der Waals surface area contributed by atoms with Gasteiger partial charge in [-0.3, -0.25) is 14.4 Å². The number of pyridine rings is 1. The first-order valence-electron chi connectivity index (χ1n) is 12.1. The maximum absolute atomic E-state index is 13.6. The van der Waals surface area contributed by atoms with Crippen molar-refractivity contribution >= 4 is 23.4 Å². The van der Waals surface area contributed by atoms with Crippen LogP contribution in [0.25, 0.3) is 0 Å². The Morgan fingerprint density at radius 1 is 0.971 bits per heavy atom. The van der Waals surface area contributed by atoms with Crippen LogP contribution >= 0.6 is 11.6 Å². The van der Waals surface area contributed by atoms with Crippen molar-refractivity contribution < 1.29 is 14.3 Å². The van der Waals surface area contributed by atoms with Gasteiger partial charge in [0.05, 0.1) is 6.54 Å². The van der Waals surface area contributed by atoms with Gasteiger partial charge in [0.1, 0.15) is 23.5 Å². The molecule has 1 fully saturated rings. The van der Waals surface area contributed by atoms with E-state index in [1.807, 2.05) is 4.57 Å². The van der Waals surface area contributed by atoms with Crippen LogP contribution in [-0.4, -0.2) is 52.4 Å². The van der Waals surface area contributed by atoms with Crippen molar-refractivity contribution in [1.82, 2.24) is 14.4 Å². The summed E-state index contributed by atoms with van der Waals surface area (Å²) >= 11 is 6.16. The number of halogens is 1. The van der Waals surface area contributed by atoms with Crippen LogP contribution in [0.15, 0.2) is 35.4 Å². The summed E-state index contributed by atoms with van der Waals surface area (Å²) in [4.78, 5) is 43.8. The predicted octanol–water partition coefficient (Wildman–Crippen LogP) is 4.21. The van der Waals surface area contributed by atoms with Crippen LogP contribution in [0, 0.1) is 5.92 Å². The maximum Gasteiger partial charge on any atom is 0.259 e. The zero-order chi connectivity index (χ0) is 24.2. The number of nitrogens with zero attached hydrogens (tertiary/aromatic N) is 3. The molecule has 0 unspecified atom stereocenters. The first kappa shape index (κ1) is 24.3. The highest BCUT2D eigenvalue weighted by Gasteiger charge is 2.28. The fraction of sp³-hybridized carbons (Fsp3) is 0.500. The number of fused-ring (bicyclic) bond motifs is 1.